The Bertz CT molecular complexity index is 1300. The molecule has 1 aromatic carbocycles. The van der Waals surface area contributed by atoms with Crippen molar-refractivity contribution < 1.29 is 17.6 Å². The third-order valence-electron chi connectivity index (χ3n) is 5.38. The number of aromatic nitrogens is 3. The van der Waals surface area contributed by atoms with E-state index in [9.17, 15) is 17.6 Å². The fourth-order valence-electron chi connectivity index (χ4n) is 3.67. The zero-order valence-electron chi connectivity index (χ0n) is 17.7. The molecule has 0 saturated carbocycles. The lowest BCUT2D eigenvalue weighted by atomic mass is 10.2. The fourth-order valence-corrected chi connectivity index (χ4v) is 6.79. The Morgan fingerprint density at radius 1 is 1.12 bits per heavy atom. The van der Waals surface area contributed by atoms with Crippen molar-refractivity contribution in [3.8, 4) is 5.69 Å². The normalized spacial score (nSPS) is 15.3. The largest absolute Gasteiger partial charge is 0.335 e. The second-order valence-corrected chi connectivity index (χ2v) is 11.3. The summed E-state index contributed by atoms with van der Waals surface area (Å²) in [5.74, 6) is -0.883. The van der Waals surface area contributed by atoms with Crippen molar-refractivity contribution in [1.82, 2.24) is 24.2 Å². The molecule has 4 rings (SSSR count). The smallest absolute Gasteiger partial charge is 0.276 e. The molecule has 12 heteroatoms. The molecule has 0 radical (unpaired) electrons. The van der Waals surface area contributed by atoms with Gasteiger partial charge in [-0.2, -0.15) is 4.31 Å². The van der Waals surface area contributed by atoms with E-state index in [4.69, 9.17) is 11.6 Å². The number of hydrogen-bond acceptors (Lipinski definition) is 6. The number of sulfonamides is 1. The van der Waals surface area contributed by atoms with E-state index in [1.165, 1.54) is 38.5 Å². The number of thiophene rings is 1. The van der Waals surface area contributed by atoms with Crippen molar-refractivity contribution in [2.45, 2.75) is 25.7 Å². The van der Waals surface area contributed by atoms with E-state index in [0.29, 0.717) is 16.3 Å². The van der Waals surface area contributed by atoms with Gasteiger partial charge in [0.15, 0.2) is 5.69 Å². The molecule has 0 bridgehead atoms. The van der Waals surface area contributed by atoms with Crippen molar-refractivity contribution in [3.05, 3.63) is 56.2 Å². The van der Waals surface area contributed by atoms with Gasteiger partial charge in [0.2, 0.25) is 10.0 Å². The summed E-state index contributed by atoms with van der Waals surface area (Å²) in [7, 11) is -3.60. The summed E-state index contributed by atoms with van der Waals surface area (Å²) >= 11 is 7.30. The molecule has 1 fully saturated rings. The monoisotopic (exact) mass is 497 g/mol. The number of amides is 1. The molecule has 0 spiro atoms. The maximum atomic E-state index is 13.5. The minimum absolute atomic E-state index is 0.0568. The third-order valence-corrected chi connectivity index (χ3v) is 8.79. The standard InChI is InChI=1S/C20H21ClFN5O3S2/c1-12-10-18(14(3)31-12)32(29,30)26-8-6-25(7-9-26)20(28)19-13(2)27(24-23-19)15-4-5-17(22)16(21)11-15/h4-5,10-11H,6-9H2,1-3H3. The molecular weight excluding hydrogens is 477 g/mol. The van der Waals surface area contributed by atoms with Gasteiger partial charge in [0.05, 0.1) is 21.3 Å². The molecule has 32 heavy (non-hydrogen) atoms. The molecular formula is C20H21ClFN5O3S2. The predicted octanol–water partition coefficient (Wildman–Crippen LogP) is 3.19. The Kier molecular flexibility index (Phi) is 6.10. The molecule has 170 valence electrons. The molecule has 1 amide bonds. The predicted molar refractivity (Wildman–Crippen MR) is 120 cm³/mol. The molecule has 0 N–H and O–H groups in total. The first kappa shape index (κ1) is 22.8. The molecule has 1 aliphatic rings. The molecule has 8 nitrogen and oxygen atoms in total. The molecule has 0 unspecified atom stereocenters. The second-order valence-electron chi connectivity index (χ2n) is 7.51. The van der Waals surface area contributed by atoms with Crippen LogP contribution in [0, 0.1) is 26.6 Å². The van der Waals surface area contributed by atoms with Gasteiger partial charge >= 0.3 is 0 Å². The maximum absolute atomic E-state index is 13.5. The topological polar surface area (TPSA) is 88.4 Å². The van der Waals surface area contributed by atoms with Crippen molar-refractivity contribution in [2.24, 2.45) is 0 Å². The van der Waals surface area contributed by atoms with E-state index in [1.807, 2.05) is 6.92 Å². The lowest BCUT2D eigenvalue weighted by Gasteiger charge is -2.33. The molecule has 1 aliphatic heterocycles. The van der Waals surface area contributed by atoms with Crippen LogP contribution in [0.15, 0.2) is 29.2 Å². The Morgan fingerprint density at radius 3 is 2.41 bits per heavy atom. The highest BCUT2D eigenvalue weighted by Gasteiger charge is 2.33. The molecule has 2 aromatic heterocycles. The van der Waals surface area contributed by atoms with Crippen LogP contribution in [0.2, 0.25) is 5.02 Å². The number of benzene rings is 1. The molecule has 3 aromatic rings. The van der Waals surface area contributed by atoms with Crippen LogP contribution in [0.1, 0.15) is 25.9 Å². The lowest BCUT2D eigenvalue weighted by molar-refractivity contribution is 0.0691. The number of nitrogens with zero attached hydrogens (tertiary/aromatic N) is 5. The van der Waals surface area contributed by atoms with Crippen LogP contribution >= 0.6 is 22.9 Å². The summed E-state index contributed by atoms with van der Waals surface area (Å²) in [6.07, 6.45) is 0. The Morgan fingerprint density at radius 2 is 1.81 bits per heavy atom. The summed E-state index contributed by atoms with van der Waals surface area (Å²) in [4.78, 5) is 16.6. The fraction of sp³-hybridized carbons (Fsp3) is 0.350. The van der Waals surface area contributed by atoms with Crippen molar-refractivity contribution in [2.75, 3.05) is 26.2 Å². The number of aryl methyl sites for hydroxylation is 2. The van der Waals surface area contributed by atoms with Gasteiger partial charge in [-0.1, -0.05) is 16.8 Å². The highest BCUT2D eigenvalue weighted by molar-refractivity contribution is 7.89. The number of halogens is 2. The minimum atomic E-state index is -3.60. The average Bonchev–Trinajstić information content (AvgIpc) is 3.31. The van der Waals surface area contributed by atoms with Crippen molar-refractivity contribution in [3.63, 3.8) is 0 Å². The maximum Gasteiger partial charge on any atom is 0.276 e. The number of carbonyl (C=O) groups is 1. The SMILES string of the molecule is Cc1cc(S(=O)(=O)N2CCN(C(=O)c3nnn(-c4ccc(F)c(Cl)c4)c3C)CC2)c(C)s1. The average molecular weight is 498 g/mol. The zero-order chi connectivity index (χ0) is 23.2. The summed E-state index contributed by atoms with van der Waals surface area (Å²) in [6, 6.07) is 5.81. The Labute approximate surface area is 194 Å². The number of hydrogen-bond donors (Lipinski definition) is 0. The van der Waals surface area contributed by atoms with Gasteiger partial charge in [0.1, 0.15) is 5.82 Å². The van der Waals surface area contributed by atoms with E-state index in [1.54, 1.807) is 24.8 Å². The van der Waals surface area contributed by atoms with Gasteiger partial charge in [-0.25, -0.2) is 17.5 Å². The lowest BCUT2D eigenvalue weighted by Crippen LogP contribution is -2.50. The quantitative estimate of drug-likeness (QED) is 0.552. The number of carbonyl (C=O) groups excluding carboxylic acids is 1. The summed E-state index contributed by atoms with van der Waals surface area (Å²) in [5, 5.41) is 7.96. The first-order valence-electron chi connectivity index (χ1n) is 9.84. The van der Waals surface area contributed by atoms with Gasteiger partial charge in [-0.3, -0.25) is 4.79 Å². The van der Waals surface area contributed by atoms with Crippen LogP contribution in [0.5, 0.6) is 0 Å². The van der Waals surface area contributed by atoms with Crippen molar-refractivity contribution in [1.29, 1.82) is 0 Å². The zero-order valence-corrected chi connectivity index (χ0v) is 20.1. The van der Waals surface area contributed by atoms with Crippen LogP contribution in [-0.2, 0) is 10.0 Å². The van der Waals surface area contributed by atoms with E-state index in [0.717, 1.165) is 9.75 Å². The Hall–Kier alpha value is -2.34. The van der Waals surface area contributed by atoms with Crippen LogP contribution in [0.25, 0.3) is 5.69 Å². The molecule has 1 saturated heterocycles. The molecule has 3 heterocycles. The highest BCUT2D eigenvalue weighted by Crippen LogP contribution is 2.28. The summed E-state index contributed by atoms with van der Waals surface area (Å²) in [6.45, 7) is 6.25. The van der Waals surface area contributed by atoms with E-state index in [2.05, 4.69) is 10.3 Å². The number of rotatable bonds is 4. The first-order chi connectivity index (χ1) is 15.1. The van der Waals surface area contributed by atoms with Crippen LogP contribution < -0.4 is 0 Å². The van der Waals surface area contributed by atoms with Crippen LogP contribution in [0.4, 0.5) is 4.39 Å². The van der Waals surface area contributed by atoms with E-state index in [-0.39, 0.29) is 42.8 Å². The second kappa shape index (κ2) is 8.54. The van der Waals surface area contributed by atoms with Crippen LogP contribution in [-0.4, -0.2) is 64.7 Å². The van der Waals surface area contributed by atoms with Crippen LogP contribution in [0.3, 0.4) is 0 Å². The van der Waals surface area contributed by atoms with E-state index >= 15 is 0 Å². The van der Waals surface area contributed by atoms with Gasteiger partial charge < -0.3 is 4.90 Å². The van der Waals surface area contributed by atoms with Gasteiger partial charge in [0.25, 0.3) is 5.91 Å². The van der Waals surface area contributed by atoms with Gasteiger partial charge in [0, 0.05) is 35.9 Å². The summed E-state index contributed by atoms with van der Waals surface area (Å²) in [5.41, 5.74) is 1.13. The minimum Gasteiger partial charge on any atom is -0.335 e. The van der Waals surface area contributed by atoms with E-state index < -0.39 is 15.8 Å². The summed E-state index contributed by atoms with van der Waals surface area (Å²) < 4.78 is 42.3. The van der Waals surface area contributed by atoms with Gasteiger partial charge in [-0.15, -0.1) is 16.4 Å². The first-order valence-corrected chi connectivity index (χ1v) is 12.5. The third kappa shape index (κ3) is 4.05. The Balaban J connectivity index is 1.49. The molecule has 0 atom stereocenters. The molecule has 0 aliphatic carbocycles. The highest BCUT2D eigenvalue weighted by atomic mass is 35.5. The van der Waals surface area contributed by atoms with Gasteiger partial charge in [-0.05, 0) is 45.0 Å². The number of piperazine rings is 1. The van der Waals surface area contributed by atoms with Crippen molar-refractivity contribution >= 4 is 38.9 Å².